The van der Waals surface area contributed by atoms with Gasteiger partial charge in [0, 0.05) is 59.6 Å². The van der Waals surface area contributed by atoms with Crippen LogP contribution in [0.2, 0.25) is 0 Å². The van der Waals surface area contributed by atoms with Crippen LogP contribution in [0.25, 0.3) is 21.5 Å². The number of nitrogens with zero attached hydrogens (tertiary/aromatic N) is 3. The molecule has 0 aliphatic carbocycles. The van der Waals surface area contributed by atoms with Crippen molar-refractivity contribution >= 4 is 50.9 Å². The minimum atomic E-state index is -0.664. The summed E-state index contributed by atoms with van der Waals surface area (Å²) >= 11 is 0. The summed E-state index contributed by atoms with van der Waals surface area (Å²) in [6.07, 6.45) is 16.2. The quantitative estimate of drug-likeness (QED) is 0.0161. The highest BCUT2D eigenvalue weighted by Crippen LogP contribution is 2.51. The molecule has 2 N–H and O–H groups in total. The summed E-state index contributed by atoms with van der Waals surface area (Å²) in [4.78, 5) is 29.6. The Morgan fingerprint density at radius 1 is 0.442 bits per heavy atom. The lowest BCUT2D eigenvalue weighted by Gasteiger charge is -2.27. The summed E-state index contributed by atoms with van der Waals surface area (Å²) in [5.41, 5.74) is 6.98. The molecule has 0 amide bonds. The first-order chi connectivity index (χ1) is 46.5. The topological polar surface area (TPSA) is 224 Å². The second-order valence-corrected chi connectivity index (χ2v) is 23.1. The van der Waals surface area contributed by atoms with Crippen molar-refractivity contribution in [2.75, 3.05) is 203 Å². The number of aldehydes is 1. The van der Waals surface area contributed by atoms with Gasteiger partial charge in [-0.25, -0.2) is 4.79 Å². The monoisotopic (exact) mass is 1320 g/mol. The number of fused-ring (bicyclic) bond motifs is 6. The number of aromatic nitrogens is 1. The fourth-order valence-electron chi connectivity index (χ4n) is 11.1. The van der Waals surface area contributed by atoms with Crippen molar-refractivity contribution in [3.8, 4) is 11.8 Å². The molecule has 5 aromatic rings. The molecule has 7 rings (SSSR count). The highest BCUT2D eigenvalue weighted by Gasteiger charge is 2.45. The lowest BCUT2D eigenvalue weighted by molar-refractivity contribution is -0.442. The Hall–Kier alpha value is -6.71. The fourth-order valence-corrected chi connectivity index (χ4v) is 11.1. The predicted molar refractivity (Wildman–Crippen MR) is 363 cm³/mol. The zero-order valence-electron chi connectivity index (χ0n) is 56.0. The van der Waals surface area contributed by atoms with Crippen molar-refractivity contribution in [1.29, 1.82) is 0 Å². The second-order valence-electron chi connectivity index (χ2n) is 23.1. The van der Waals surface area contributed by atoms with E-state index in [-0.39, 0.29) is 42.2 Å². The van der Waals surface area contributed by atoms with E-state index in [1.807, 2.05) is 0 Å². The van der Waals surface area contributed by atoms with E-state index < -0.39 is 5.97 Å². The van der Waals surface area contributed by atoms with Crippen LogP contribution in [0.15, 0.2) is 133 Å². The zero-order chi connectivity index (χ0) is 67.0. The van der Waals surface area contributed by atoms with Crippen molar-refractivity contribution in [3.05, 3.63) is 144 Å². The number of allylic oxidation sites excluding steroid dienone is 8. The second kappa shape index (κ2) is 43.5. The largest absolute Gasteiger partial charge is 0.492 e. The van der Waals surface area contributed by atoms with Crippen LogP contribution in [0.5, 0.6) is 11.8 Å². The molecule has 4 aromatic carbocycles. The lowest BCUT2D eigenvalue weighted by atomic mass is 9.79. The van der Waals surface area contributed by atoms with Crippen molar-refractivity contribution in [2.24, 2.45) is 0 Å². The van der Waals surface area contributed by atoms with E-state index in [4.69, 9.17) is 71.2 Å². The van der Waals surface area contributed by atoms with Crippen LogP contribution in [0.1, 0.15) is 51.7 Å². The van der Waals surface area contributed by atoms with Crippen molar-refractivity contribution in [3.63, 3.8) is 0 Å². The van der Waals surface area contributed by atoms with Crippen LogP contribution in [-0.4, -0.2) is 236 Å². The molecule has 2 aliphatic rings. The molecule has 2 aliphatic heterocycles. The fraction of sp³-hybridized carbons (Fsp3) is 0.521. The number of carbonyl (C=O) groups excluding carboxylic acids is 2. The Bertz CT molecular complexity index is 3190. The third-order valence-corrected chi connectivity index (χ3v) is 15.7. The number of hydrogen-bond acceptors (Lipinski definition) is 20. The Morgan fingerprint density at radius 2 is 0.853 bits per heavy atom. The highest BCUT2D eigenvalue weighted by molar-refractivity contribution is 6.07. The molecule has 0 saturated carbocycles. The molecule has 3 heterocycles. The number of hydrogen-bond donors (Lipinski definition) is 2. The van der Waals surface area contributed by atoms with E-state index in [0.29, 0.717) is 196 Å². The molecular weight excluding hydrogens is 1220 g/mol. The zero-order valence-corrected chi connectivity index (χ0v) is 56.0. The van der Waals surface area contributed by atoms with Gasteiger partial charge >= 0.3 is 5.97 Å². The summed E-state index contributed by atoms with van der Waals surface area (Å²) in [5.74, 6) is -1.43. The van der Waals surface area contributed by atoms with E-state index >= 15 is 0 Å². The number of rotatable bonds is 53. The summed E-state index contributed by atoms with van der Waals surface area (Å²) in [5, 5.41) is 24.0. The van der Waals surface area contributed by atoms with Gasteiger partial charge in [0.15, 0.2) is 12.3 Å². The maximum absolute atomic E-state index is 11.8. The average molecular weight is 1320 g/mol. The maximum atomic E-state index is 11.8. The number of benzene rings is 4. The number of aromatic hydroxyl groups is 2. The van der Waals surface area contributed by atoms with Gasteiger partial charge in [0.2, 0.25) is 17.4 Å². The smallest absolute Gasteiger partial charge is 0.335 e. The lowest BCUT2D eigenvalue weighted by Crippen LogP contribution is -2.29. The van der Waals surface area contributed by atoms with Gasteiger partial charge in [-0.3, -0.25) is 0 Å². The van der Waals surface area contributed by atoms with Gasteiger partial charge in [-0.05, 0) is 59.2 Å². The first-order valence-corrected chi connectivity index (χ1v) is 33.1. The minimum Gasteiger partial charge on any atom is -0.492 e. The third-order valence-electron chi connectivity index (χ3n) is 15.7. The average Bonchev–Trinajstić information content (AvgIpc) is 1.59. The molecule has 0 spiro atoms. The molecule has 22 heteroatoms. The molecule has 22 nitrogen and oxygen atoms in total. The summed E-state index contributed by atoms with van der Waals surface area (Å²) in [7, 11) is 0. The van der Waals surface area contributed by atoms with Crippen LogP contribution in [-0.2, 0) is 86.7 Å². The maximum Gasteiger partial charge on any atom is 0.335 e. The van der Waals surface area contributed by atoms with Crippen LogP contribution in [0, 0.1) is 0 Å². The molecule has 520 valence electrons. The van der Waals surface area contributed by atoms with Gasteiger partial charge in [-0.1, -0.05) is 98.8 Å². The molecule has 1 aromatic heterocycles. The first-order valence-electron chi connectivity index (χ1n) is 33.1. The molecule has 0 atom stereocenters. The normalized spacial score (nSPS) is 14.7. The van der Waals surface area contributed by atoms with Gasteiger partial charge in [0.25, 0.3) is 0 Å². The Balaban J connectivity index is 0.673. The number of anilines is 1. The molecular formula is C73H100N3O19+. The van der Waals surface area contributed by atoms with E-state index in [0.717, 1.165) is 6.29 Å². The molecule has 95 heavy (non-hydrogen) atoms. The Labute approximate surface area is 559 Å². The standard InChI is InChI=1S/C73H99N3O19/c1-72(2)65(74(28-33-83-37-35-81-31-14-30-77)63-23-21-59-15-10-12-17-61(59)70(63)72)19-8-6-5-7-9-20-66-73(3,4)71-62-18-13-11-16-60(62)22-24-64(71)75(66)29-34-84-38-40-86-42-44-88-46-48-90-50-52-92-54-56-94-58-57-93-55-53-91-51-49-89-47-45-87-43-41-85-39-36-82-32-27-69(80)95-76-67(78)25-26-68(76)79/h5-13,15-26,30H,14,27-29,31-58H2,1-4H3,(H-,78,79)/p+1. The van der Waals surface area contributed by atoms with Crippen molar-refractivity contribution in [1.82, 2.24) is 4.73 Å². The summed E-state index contributed by atoms with van der Waals surface area (Å²) in [6, 6.07) is 28.6. The van der Waals surface area contributed by atoms with Crippen LogP contribution < -0.4 is 9.74 Å². The Kier molecular flexibility index (Phi) is 34.6. The summed E-state index contributed by atoms with van der Waals surface area (Å²) in [6.45, 7) is 22.9. The molecule has 0 radical (unpaired) electrons. The van der Waals surface area contributed by atoms with Crippen molar-refractivity contribution in [2.45, 2.75) is 51.4 Å². The van der Waals surface area contributed by atoms with Crippen LogP contribution >= 0.6 is 0 Å². The van der Waals surface area contributed by atoms with Crippen molar-refractivity contribution < 1.29 is 95.5 Å². The molecule has 0 fully saturated rings. The van der Waals surface area contributed by atoms with E-state index in [9.17, 15) is 19.8 Å². The van der Waals surface area contributed by atoms with Gasteiger partial charge < -0.3 is 91.1 Å². The molecule has 0 unspecified atom stereocenters. The van der Waals surface area contributed by atoms with Gasteiger partial charge in [-0.15, -0.1) is 4.73 Å². The SMILES string of the molecule is CC1(C)C(=CC=CC=CC=CC2=[N+](CCOCCOCCOCCOCCOCCOCCOCCOCCOCCOCCOCCOCCC(=O)On3c(O)ccc3O)c3ccc4ccccc4c3C2(C)C)N(CCOCCOCCC=O)c2ccc3ccccc3c21. The van der Waals surface area contributed by atoms with Gasteiger partial charge in [0.05, 0.1) is 190 Å². The number of ether oxygens (including phenoxy) is 14. The van der Waals surface area contributed by atoms with Gasteiger partial charge in [0.1, 0.15) is 12.9 Å². The predicted octanol–water partition coefficient (Wildman–Crippen LogP) is 8.80. The van der Waals surface area contributed by atoms with Crippen LogP contribution in [0.4, 0.5) is 11.4 Å². The number of carbonyl (C=O) groups is 2. The highest BCUT2D eigenvalue weighted by atomic mass is 16.7. The Morgan fingerprint density at radius 3 is 1.35 bits per heavy atom. The van der Waals surface area contributed by atoms with Crippen LogP contribution in [0.3, 0.4) is 0 Å². The molecule has 0 bridgehead atoms. The minimum absolute atomic E-state index is 0.0549. The first kappa shape index (κ1) is 75.7. The third kappa shape index (κ3) is 25.0. The van der Waals surface area contributed by atoms with E-state index in [1.54, 1.807) is 0 Å². The van der Waals surface area contributed by atoms with E-state index in [2.05, 4.69) is 152 Å². The summed E-state index contributed by atoms with van der Waals surface area (Å²) < 4.78 is 81.9. The van der Waals surface area contributed by atoms with E-state index in [1.165, 1.54) is 67.6 Å². The van der Waals surface area contributed by atoms with Gasteiger partial charge in [-0.2, -0.15) is 4.58 Å². The molecule has 0 saturated heterocycles.